The van der Waals surface area contributed by atoms with Crippen LogP contribution in [-0.2, 0) is 17.1 Å². The fourth-order valence-electron chi connectivity index (χ4n) is 2.81. The van der Waals surface area contributed by atoms with Crippen LogP contribution in [0.2, 0.25) is 0 Å². The van der Waals surface area contributed by atoms with Crippen LogP contribution in [0.1, 0.15) is 46.5 Å². The van der Waals surface area contributed by atoms with Gasteiger partial charge in [0.25, 0.3) is 0 Å². The molecule has 0 spiro atoms. The van der Waals surface area contributed by atoms with Crippen LogP contribution < -0.4 is 9.78 Å². The van der Waals surface area contributed by atoms with Gasteiger partial charge < -0.3 is 0 Å². The van der Waals surface area contributed by atoms with E-state index < -0.39 is 29.3 Å². The Bertz CT molecular complexity index is 336. The Labute approximate surface area is 129 Å². The molecule has 1 aliphatic carbocycles. The average Bonchev–Trinajstić information content (AvgIpc) is 3.03. The van der Waals surface area contributed by atoms with E-state index in [1.54, 1.807) is 0 Å². The second-order valence-electron chi connectivity index (χ2n) is 5.70. The van der Waals surface area contributed by atoms with Crippen LogP contribution in [0.25, 0.3) is 0 Å². The van der Waals surface area contributed by atoms with E-state index in [4.69, 9.17) is 0 Å². The average molecular weight is 424 g/mol. The zero-order valence-electron chi connectivity index (χ0n) is 13.3. The molecule has 0 amide bonds. The van der Waals surface area contributed by atoms with E-state index in [0.717, 1.165) is 45.3 Å². The number of allylic oxidation sites excluding steroid dienone is 4. The van der Waals surface area contributed by atoms with E-state index in [0.29, 0.717) is 0 Å². The van der Waals surface area contributed by atoms with Crippen LogP contribution in [0.5, 0.6) is 0 Å². The van der Waals surface area contributed by atoms with Crippen molar-refractivity contribution in [1.29, 1.82) is 0 Å². The van der Waals surface area contributed by atoms with E-state index in [1.807, 2.05) is 0 Å². The van der Waals surface area contributed by atoms with Gasteiger partial charge in [0.15, 0.2) is 0 Å². The molecule has 0 heterocycles. The molecule has 0 saturated heterocycles. The first-order valence-corrected chi connectivity index (χ1v) is 24.6. The van der Waals surface area contributed by atoms with Crippen molar-refractivity contribution in [3.05, 3.63) is 21.5 Å². The van der Waals surface area contributed by atoms with Gasteiger partial charge in [-0.2, -0.15) is 0 Å². The van der Waals surface area contributed by atoms with Gasteiger partial charge in [-0.15, -0.1) is 0 Å². The van der Waals surface area contributed by atoms with E-state index in [1.165, 1.54) is 3.28 Å². The minimum absolute atomic E-state index is 0.908. The molecule has 3 nitrogen and oxygen atoms in total. The molecule has 117 valence electrons. The molecular formula is C14H31FGeN3Zr. The molecule has 0 saturated carbocycles. The predicted octanol–water partition coefficient (Wildman–Crippen LogP) is 2.23. The maximum absolute atomic E-state index is 14.6. The molecule has 20 heavy (non-hydrogen) atoms. The molecule has 0 aromatic rings. The summed E-state index contributed by atoms with van der Waals surface area (Å²) >= 11 is -6.13. The third-order valence-electron chi connectivity index (χ3n) is 4.04. The molecule has 0 aromatic carbocycles. The van der Waals surface area contributed by atoms with Gasteiger partial charge in [0.05, 0.1) is 0 Å². The van der Waals surface area contributed by atoms with Crippen LogP contribution >= 0.6 is 0 Å². The summed E-state index contributed by atoms with van der Waals surface area (Å²) in [5, 5.41) is 0. The van der Waals surface area contributed by atoms with Gasteiger partial charge in [0.1, 0.15) is 0 Å². The number of halogens is 1. The zero-order valence-corrected chi connectivity index (χ0v) is 18.7. The number of hydrogen-bond donors (Lipinski definition) is 3. The summed E-state index contributed by atoms with van der Waals surface area (Å²) in [5.74, 6) is 0. The quantitative estimate of drug-likeness (QED) is 0.446. The second-order valence-corrected chi connectivity index (χ2v) is 38.6. The van der Waals surface area contributed by atoms with Crippen LogP contribution in [-0.4, -0.2) is 31.7 Å². The van der Waals surface area contributed by atoms with Gasteiger partial charge in [-0.05, 0) is 0 Å². The molecule has 3 N–H and O–H groups in total. The van der Waals surface area contributed by atoms with Crippen molar-refractivity contribution < 1.29 is 20.6 Å². The molecule has 0 fully saturated rings. The summed E-state index contributed by atoms with van der Waals surface area (Å²) in [4.78, 5) is 0. The predicted molar refractivity (Wildman–Crippen MR) is 86.4 cm³/mol. The normalized spacial score (nSPS) is 17.6. The van der Waals surface area contributed by atoms with Gasteiger partial charge in [-0.1, -0.05) is 0 Å². The number of nitrogens with one attached hydrogen (secondary N) is 3. The molecule has 6 heteroatoms. The van der Waals surface area contributed by atoms with Crippen molar-refractivity contribution in [3.63, 3.8) is 0 Å². The third kappa shape index (κ3) is 4.13. The molecule has 0 atom stereocenters. The molecule has 0 radical (unpaired) electrons. The van der Waals surface area contributed by atoms with Crippen LogP contribution in [0, 0.1) is 0 Å². The molecular weight excluding hydrogens is 393 g/mol. The Morgan fingerprint density at radius 2 is 1.55 bits per heavy atom. The summed E-state index contributed by atoms with van der Waals surface area (Å²) in [6, 6.07) is 0. The van der Waals surface area contributed by atoms with Crippen molar-refractivity contribution in [2.24, 2.45) is 0 Å². The van der Waals surface area contributed by atoms with E-state index in [9.17, 15) is 3.50 Å². The monoisotopic (exact) mass is 424 g/mol. The fraction of sp³-hybridized carbons (Fsp3) is 0.714. The number of hydrogen-bond acceptors (Lipinski definition) is 3. The first-order chi connectivity index (χ1) is 9.67. The zero-order chi connectivity index (χ0) is 14.9. The van der Waals surface area contributed by atoms with Crippen molar-refractivity contribution in [2.75, 3.05) is 19.6 Å². The molecule has 0 aliphatic heterocycles. The minimum atomic E-state index is -3.93. The molecule has 0 bridgehead atoms. The van der Waals surface area contributed by atoms with Gasteiger partial charge in [-0.3, -0.25) is 0 Å². The topological polar surface area (TPSA) is 36.1 Å². The summed E-state index contributed by atoms with van der Waals surface area (Å²) in [5.41, 5.74) is 0. The van der Waals surface area contributed by atoms with Crippen LogP contribution in [0.15, 0.2) is 21.5 Å². The Morgan fingerprint density at radius 1 is 1.05 bits per heavy atom. The second kappa shape index (κ2) is 8.99. The first kappa shape index (κ1) is 18.8. The SMILES string of the molecule is CCC[NH][Zr]([NH]CCC)([NH]CCC)([GeH2][F])[C]1=CC=CC1. The summed E-state index contributed by atoms with van der Waals surface area (Å²) < 4.78 is 27.2. The summed E-state index contributed by atoms with van der Waals surface area (Å²) in [6.45, 7) is 9.19. The van der Waals surface area contributed by atoms with Crippen LogP contribution in [0.3, 0.4) is 0 Å². The van der Waals surface area contributed by atoms with E-state index >= 15 is 0 Å². The Morgan fingerprint density at radius 3 is 1.85 bits per heavy atom. The molecule has 1 rings (SSSR count). The standard InChI is InChI=1S/C5H5.3C3H8N.FGeH2.Zr/c1-2-4-5-3-1;3*1-2-3-4;1-2;/h1-3H,4H2;3*4H,2-3H2,1H3;2H2;/q;3*-1;;+3. The van der Waals surface area contributed by atoms with Crippen molar-refractivity contribution >= 4 is 12.1 Å². The van der Waals surface area contributed by atoms with Gasteiger partial charge in [-0.25, -0.2) is 0 Å². The maximum atomic E-state index is 14.6. The first-order valence-electron chi connectivity index (χ1n) is 8.02. The third-order valence-corrected chi connectivity index (χ3v) is 38.9. The van der Waals surface area contributed by atoms with E-state index in [-0.39, 0.29) is 0 Å². The van der Waals surface area contributed by atoms with E-state index in [2.05, 4.69) is 48.8 Å². The van der Waals surface area contributed by atoms with Gasteiger partial charge in [0, 0.05) is 0 Å². The van der Waals surface area contributed by atoms with Crippen molar-refractivity contribution in [3.8, 4) is 0 Å². The molecule has 1 aliphatic rings. The molecule has 0 aromatic heterocycles. The van der Waals surface area contributed by atoms with Gasteiger partial charge >= 0.3 is 130 Å². The summed E-state index contributed by atoms with van der Waals surface area (Å²) in [7, 11) is 0. The Balaban J connectivity index is 3.13. The number of rotatable bonds is 11. The van der Waals surface area contributed by atoms with Crippen molar-refractivity contribution in [2.45, 2.75) is 46.5 Å². The summed E-state index contributed by atoms with van der Waals surface area (Å²) in [6.07, 6.45) is 10.5. The Kier molecular flexibility index (Phi) is 8.43. The van der Waals surface area contributed by atoms with Crippen LogP contribution in [0.4, 0.5) is 3.50 Å². The Hall–Kier alpha value is 0.716. The fourth-order valence-corrected chi connectivity index (χ4v) is 30.5. The van der Waals surface area contributed by atoms with Gasteiger partial charge in [0.2, 0.25) is 0 Å². The van der Waals surface area contributed by atoms with Crippen molar-refractivity contribution in [1.82, 2.24) is 9.78 Å². The molecule has 0 unspecified atom stereocenters.